The van der Waals surface area contributed by atoms with Gasteiger partial charge in [0.25, 0.3) is 0 Å². The minimum atomic E-state index is -4.89. The summed E-state index contributed by atoms with van der Waals surface area (Å²) >= 11 is 0. The Hall–Kier alpha value is -2.03. The molecule has 0 unspecified atom stereocenters. The molecule has 0 saturated heterocycles. The van der Waals surface area contributed by atoms with Crippen LogP contribution in [-0.2, 0) is 33.5 Å². The van der Waals surface area contributed by atoms with Gasteiger partial charge in [0.15, 0.2) is 0 Å². The Morgan fingerprint density at radius 1 is 1.14 bits per heavy atom. The molecule has 22 heavy (non-hydrogen) atoms. The second-order valence-corrected chi connectivity index (χ2v) is 4.19. The lowest BCUT2D eigenvalue weighted by atomic mass is 10.1. The number of aliphatic hydroxyl groups excluding tert-OH is 1. The maximum absolute atomic E-state index is 13.1. The lowest BCUT2D eigenvalue weighted by Crippen LogP contribution is -2.17. The van der Waals surface area contributed by atoms with Gasteiger partial charge in [-0.15, -0.1) is 0 Å². The Labute approximate surface area is 124 Å². The van der Waals surface area contributed by atoms with Crippen molar-refractivity contribution in [1.82, 2.24) is 4.98 Å². The summed E-state index contributed by atoms with van der Waals surface area (Å²) in [6, 6.07) is 0. The molecule has 0 aliphatic rings. The molecule has 0 fully saturated rings. The number of hydrogen-bond donors (Lipinski definition) is 2. The van der Waals surface area contributed by atoms with Gasteiger partial charge in [-0.2, -0.15) is 13.2 Å². The zero-order valence-electron chi connectivity index (χ0n) is 12.0. The fraction of sp³-hybridized carbons (Fsp3) is 0.538. The van der Waals surface area contributed by atoms with Crippen LogP contribution in [0.5, 0.6) is 0 Å². The van der Waals surface area contributed by atoms with Gasteiger partial charge in [-0.05, 0) is 13.8 Å². The molecular formula is C13H16F3NO5. The molecule has 6 nitrogen and oxygen atoms in total. The quantitative estimate of drug-likeness (QED) is 0.780. The molecular weight excluding hydrogens is 307 g/mol. The molecule has 0 spiro atoms. The molecule has 1 aromatic heterocycles. The van der Waals surface area contributed by atoms with Gasteiger partial charge in [0.05, 0.1) is 43.1 Å². The number of aliphatic hydroxyl groups is 1. The van der Waals surface area contributed by atoms with Crippen molar-refractivity contribution in [2.24, 2.45) is 0 Å². The van der Waals surface area contributed by atoms with E-state index >= 15 is 0 Å². The summed E-state index contributed by atoms with van der Waals surface area (Å²) in [5.74, 6) is -2.02. The molecule has 1 aromatic rings. The Bertz CT molecular complexity index is 551. The number of rotatable bonds is 6. The van der Waals surface area contributed by atoms with Crippen LogP contribution >= 0.6 is 0 Å². The van der Waals surface area contributed by atoms with Gasteiger partial charge in [0.1, 0.15) is 0 Å². The third-order valence-electron chi connectivity index (χ3n) is 2.70. The van der Waals surface area contributed by atoms with Crippen molar-refractivity contribution in [3.8, 4) is 0 Å². The number of carbonyl (C=O) groups is 2. The minimum absolute atomic E-state index is 0.0489. The monoisotopic (exact) mass is 323 g/mol. The molecule has 0 aliphatic heterocycles. The second-order valence-electron chi connectivity index (χ2n) is 4.19. The van der Waals surface area contributed by atoms with Crippen LogP contribution in [0.3, 0.4) is 0 Å². The van der Waals surface area contributed by atoms with E-state index in [1.54, 1.807) is 6.92 Å². The van der Waals surface area contributed by atoms with Gasteiger partial charge in [0.2, 0.25) is 0 Å². The number of halogens is 3. The first kappa shape index (κ1) is 18.0. The summed E-state index contributed by atoms with van der Waals surface area (Å²) in [5.41, 5.74) is -3.03. The normalized spacial score (nSPS) is 11.4. The van der Waals surface area contributed by atoms with Gasteiger partial charge in [-0.1, -0.05) is 0 Å². The lowest BCUT2D eigenvalue weighted by Gasteiger charge is -2.10. The maximum atomic E-state index is 13.1. The number of nitrogens with one attached hydrogen (secondary N) is 1. The minimum Gasteiger partial charge on any atom is -0.466 e. The molecule has 9 heteroatoms. The molecule has 0 aromatic carbocycles. The first-order valence-corrected chi connectivity index (χ1v) is 6.50. The summed E-state index contributed by atoms with van der Waals surface area (Å²) in [7, 11) is 0. The first-order chi connectivity index (χ1) is 10.3. The van der Waals surface area contributed by atoms with Crippen molar-refractivity contribution < 1.29 is 37.3 Å². The molecule has 0 amide bonds. The number of alkyl halides is 3. The van der Waals surface area contributed by atoms with Crippen molar-refractivity contribution >= 4 is 11.9 Å². The Balaban J connectivity index is 3.39. The summed E-state index contributed by atoms with van der Waals surface area (Å²) in [4.78, 5) is 25.6. The lowest BCUT2D eigenvalue weighted by molar-refractivity contribution is -0.142. The van der Waals surface area contributed by atoms with E-state index in [2.05, 4.69) is 14.5 Å². The number of aromatic nitrogens is 1. The smallest absolute Gasteiger partial charge is 0.419 e. The van der Waals surface area contributed by atoms with Crippen molar-refractivity contribution in [3.63, 3.8) is 0 Å². The summed E-state index contributed by atoms with van der Waals surface area (Å²) in [6.45, 7) is 1.93. The third-order valence-corrected chi connectivity index (χ3v) is 2.70. The number of carbonyl (C=O) groups excluding carboxylic acids is 2. The average molecular weight is 323 g/mol. The van der Waals surface area contributed by atoms with E-state index in [9.17, 15) is 22.8 Å². The van der Waals surface area contributed by atoms with Crippen LogP contribution in [0.15, 0.2) is 0 Å². The predicted molar refractivity (Wildman–Crippen MR) is 68.0 cm³/mol. The van der Waals surface area contributed by atoms with E-state index in [1.807, 2.05) is 0 Å². The van der Waals surface area contributed by atoms with Crippen molar-refractivity contribution in [2.45, 2.75) is 33.1 Å². The zero-order valence-corrected chi connectivity index (χ0v) is 12.0. The van der Waals surface area contributed by atoms with E-state index in [1.165, 1.54) is 6.92 Å². The summed E-state index contributed by atoms with van der Waals surface area (Å²) in [6.07, 6.45) is -5.45. The van der Waals surface area contributed by atoms with Crippen LogP contribution in [0.25, 0.3) is 0 Å². The number of aromatic amines is 1. The van der Waals surface area contributed by atoms with Gasteiger partial charge >= 0.3 is 18.1 Å². The van der Waals surface area contributed by atoms with E-state index in [-0.39, 0.29) is 18.9 Å². The molecule has 0 bridgehead atoms. The van der Waals surface area contributed by atoms with Gasteiger partial charge in [-0.3, -0.25) is 4.79 Å². The van der Waals surface area contributed by atoms with Gasteiger partial charge in [-0.25, -0.2) is 4.79 Å². The molecule has 0 aliphatic carbocycles. The highest BCUT2D eigenvalue weighted by Gasteiger charge is 2.42. The topological polar surface area (TPSA) is 88.6 Å². The van der Waals surface area contributed by atoms with Gasteiger partial charge < -0.3 is 19.6 Å². The Kier molecular flexibility index (Phi) is 5.98. The van der Waals surface area contributed by atoms with Crippen molar-refractivity contribution in [3.05, 3.63) is 22.5 Å². The SMILES string of the molecule is CCOC(=O)Cc1[nH]c(CO)c(C(F)(F)F)c1C(=O)OCC. The van der Waals surface area contributed by atoms with E-state index < -0.39 is 48.0 Å². The van der Waals surface area contributed by atoms with Crippen molar-refractivity contribution in [2.75, 3.05) is 13.2 Å². The highest BCUT2D eigenvalue weighted by molar-refractivity contribution is 5.94. The summed E-state index contributed by atoms with van der Waals surface area (Å²) < 4.78 is 48.7. The number of H-pyrrole nitrogens is 1. The molecule has 0 saturated carbocycles. The maximum Gasteiger partial charge on any atom is 0.419 e. The Morgan fingerprint density at radius 2 is 1.73 bits per heavy atom. The average Bonchev–Trinajstić information content (AvgIpc) is 2.77. The Morgan fingerprint density at radius 3 is 2.18 bits per heavy atom. The van der Waals surface area contributed by atoms with Crippen LogP contribution in [-0.4, -0.2) is 35.2 Å². The molecule has 2 N–H and O–H groups in total. The number of esters is 2. The number of ether oxygens (including phenoxy) is 2. The van der Waals surface area contributed by atoms with Crippen LogP contribution in [0.2, 0.25) is 0 Å². The zero-order chi connectivity index (χ0) is 16.9. The first-order valence-electron chi connectivity index (χ1n) is 6.50. The van der Waals surface area contributed by atoms with Crippen molar-refractivity contribution in [1.29, 1.82) is 0 Å². The third kappa shape index (κ3) is 4.00. The molecule has 1 rings (SSSR count). The van der Waals surface area contributed by atoms with Gasteiger partial charge in [0, 0.05) is 5.69 Å². The standard InChI is InChI=1S/C13H16F3NO5/c1-3-21-9(19)5-7-10(12(20)22-4-2)11(13(14,15)16)8(6-18)17-7/h17-18H,3-6H2,1-2H3. The van der Waals surface area contributed by atoms with Crippen LogP contribution in [0.4, 0.5) is 13.2 Å². The molecule has 1 heterocycles. The second kappa shape index (κ2) is 7.30. The highest BCUT2D eigenvalue weighted by atomic mass is 19.4. The molecule has 0 radical (unpaired) electrons. The van der Waals surface area contributed by atoms with E-state index in [0.717, 1.165) is 0 Å². The van der Waals surface area contributed by atoms with E-state index in [4.69, 9.17) is 5.11 Å². The van der Waals surface area contributed by atoms with E-state index in [0.29, 0.717) is 0 Å². The summed E-state index contributed by atoms with van der Waals surface area (Å²) in [5, 5.41) is 9.07. The van der Waals surface area contributed by atoms with Crippen LogP contribution in [0, 0.1) is 0 Å². The predicted octanol–water partition coefficient (Wildman–Crippen LogP) is 1.81. The van der Waals surface area contributed by atoms with Crippen LogP contribution < -0.4 is 0 Å². The van der Waals surface area contributed by atoms with Crippen LogP contribution in [0.1, 0.15) is 41.2 Å². The number of hydrogen-bond acceptors (Lipinski definition) is 5. The fourth-order valence-corrected chi connectivity index (χ4v) is 1.96. The highest BCUT2D eigenvalue weighted by Crippen LogP contribution is 2.37. The fourth-order valence-electron chi connectivity index (χ4n) is 1.96. The largest absolute Gasteiger partial charge is 0.466 e. The molecule has 0 atom stereocenters. The molecule has 124 valence electrons.